The van der Waals surface area contributed by atoms with Crippen LogP contribution in [0.4, 0.5) is 0 Å². The van der Waals surface area contributed by atoms with E-state index >= 15 is 0 Å². The van der Waals surface area contributed by atoms with E-state index in [2.05, 4.69) is 24.5 Å². The number of nitrogens with two attached hydrogens (primary N) is 1. The maximum absolute atomic E-state index is 11.7. The third-order valence-electron chi connectivity index (χ3n) is 2.91. The third kappa shape index (κ3) is 10.8. The standard InChI is InChI=1S/C14H29N3O3/c1-11(2)8-12(10-15)9-14(19)16-5-4-13(18)17-6-7-20-3/h11-12H,4-10,15H2,1-3H3,(H,16,19)(H,17,18)/t12-/m0/s1. The molecule has 0 spiro atoms. The van der Waals surface area contributed by atoms with Crippen molar-refractivity contribution in [2.75, 3.05) is 33.4 Å². The number of methoxy groups -OCH3 is 1. The summed E-state index contributed by atoms with van der Waals surface area (Å²) in [6, 6.07) is 0. The normalized spacial score (nSPS) is 12.2. The summed E-state index contributed by atoms with van der Waals surface area (Å²) < 4.78 is 4.83. The predicted molar refractivity (Wildman–Crippen MR) is 79.1 cm³/mol. The first kappa shape index (κ1) is 18.9. The van der Waals surface area contributed by atoms with Crippen LogP contribution in [0.2, 0.25) is 0 Å². The van der Waals surface area contributed by atoms with Crippen molar-refractivity contribution in [1.82, 2.24) is 10.6 Å². The molecule has 1 atom stereocenters. The van der Waals surface area contributed by atoms with Crippen LogP contribution in [0.1, 0.15) is 33.1 Å². The van der Waals surface area contributed by atoms with Crippen LogP contribution in [0.3, 0.4) is 0 Å². The van der Waals surface area contributed by atoms with Gasteiger partial charge in [0, 0.05) is 33.0 Å². The van der Waals surface area contributed by atoms with Gasteiger partial charge in [0.15, 0.2) is 0 Å². The van der Waals surface area contributed by atoms with Gasteiger partial charge in [-0.2, -0.15) is 0 Å². The van der Waals surface area contributed by atoms with Crippen molar-refractivity contribution in [3.05, 3.63) is 0 Å². The molecular formula is C14H29N3O3. The van der Waals surface area contributed by atoms with Gasteiger partial charge in [-0.3, -0.25) is 9.59 Å². The van der Waals surface area contributed by atoms with Gasteiger partial charge in [-0.25, -0.2) is 0 Å². The highest BCUT2D eigenvalue weighted by Crippen LogP contribution is 2.13. The van der Waals surface area contributed by atoms with E-state index in [1.165, 1.54) is 0 Å². The summed E-state index contributed by atoms with van der Waals surface area (Å²) in [7, 11) is 1.58. The molecule has 0 aliphatic rings. The van der Waals surface area contributed by atoms with Gasteiger partial charge < -0.3 is 21.1 Å². The molecule has 0 heterocycles. The highest BCUT2D eigenvalue weighted by atomic mass is 16.5. The first-order valence-electron chi connectivity index (χ1n) is 7.22. The average molecular weight is 287 g/mol. The lowest BCUT2D eigenvalue weighted by Gasteiger charge is -2.16. The number of hydrogen-bond donors (Lipinski definition) is 3. The van der Waals surface area contributed by atoms with Gasteiger partial charge in [0.05, 0.1) is 6.61 Å². The zero-order valence-corrected chi connectivity index (χ0v) is 12.9. The van der Waals surface area contributed by atoms with Crippen molar-refractivity contribution in [1.29, 1.82) is 0 Å². The highest BCUT2D eigenvalue weighted by molar-refractivity contribution is 5.79. The van der Waals surface area contributed by atoms with E-state index in [4.69, 9.17) is 10.5 Å². The fourth-order valence-corrected chi connectivity index (χ4v) is 1.96. The SMILES string of the molecule is COCCNC(=O)CCNC(=O)C[C@@H](CN)CC(C)C. The molecule has 0 aromatic rings. The van der Waals surface area contributed by atoms with Gasteiger partial charge in [-0.1, -0.05) is 13.8 Å². The minimum absolute atomic E-state index is 0.0363. The second-order valence-corrected chi connectivity index (χ2v) is 5.38. The average Bonchev–Trinajstić information content (AvgIpc) is 2.37. The molecule has 0 aromatic carbocycles. The van der Waals surface area contributed by atoms with Crippen molar-refractivity contribution in [2.24, 2.45) is 17.6 Å². The molecule has 6 heteroatoms. The molecule has 0 saturated carbocycles. The zero-order valence-electron chi connectivity index (χ0n) is 12.9. The smallest absolute Gasteiger partial charge is 0.221 e. The fraction of sp³-hybridized carbons (Fsp3) is 0.857. The van der Waals surface area contributed by atoms with Gasteiger partial charge in [0.2, 0.25) is 11.8 Å². The monoisotopic (exact) mass is 287 g/mol. The Kier molecular flexibility index (Phi) is 11.0. The minimum Gasteiger partial charge on any atom is -0.383 e. The first-order chi connectivity index (χ1) is 9.49. The van der Waals surface area contributed by atoms with Crippen molar-refractivity contribution in [2.45, 2.75) is 33.1 Å². The molecule has 20 heavy (non-hydrogen) atoms. The number of nitrogens with one attached hydrogen (secondary N) is 2. The van der Waals surface area contributed by atoms with Gasteiger partial charge in [-0.05, 0) is 24.8 Å². The Bertz CT molecular complexity index is 283. The molecule has 0 saturated heterocycles. The molecule has 0 aliphatic carbocycles. The second-order valence-electron chi connectivity index (χ2n) is 5.38. The number of ether oxygens (including phenoxy) is 1. The van der Waals surface area contributed by atoms with Crippen molar-refractivity contribution >= 4 is 11.8 Å². The lowest BCUT2D eigenvalue weighted by Crippen LogP contribution is -2.33. The molecule has 0 radical (unpaired) electrons. The molecule has 0 aromatic heterocycles. The molecule has 4 N–H and O–H groups in total. The van der Waals surface area contributed by atoms with Crippen LogP contribution in [-0.2, 0) is 14.3 Å². The lowest BCUT2D eigenvalue weighted by atomic mass is 9.94. The number of carbonyl (C=O) groups excluding carboxylic acids is 2. The van der Waals surface area contributed by atoms with Crippen molar-refractivity contribution in [3.63, 3.8) is 0 Å². The molecule has 0 aliphatic heterocycles. The maximum Gasteiger partial charge on any atom is 0.221 e. The van der Waals surface area contributed by atoms with E-state index in [1.807, 2.05) is 0 Å². The zero-order chi connectivity index (χ0) is 15.4. The predicted octanol–water partition coefficient (Wildman–Crippen LogP) is 0.266. The summed E-state index contributed by atoms with van der Waals surface area (Å²) in [6.07, 6.45) is 1.66. The van der Waals surface area contributed by atoms with Crippen LogP contribution in [0.15, 0.2) is 0 Å². The molecule has 6 nitrogen and oxygen atoms in total. The third-order valence-corrected chi connectivity index (χ3v) is 2.91. The second kappa shape index (κ2) is 11.7. The number of hydrogen-bond acceptors (Lipinski definition) is 4. The molecular weight excluding hydrogens is 258 g/mol. The van der Waals surface area contributed by atoms with E-state index in [0.29, 0.717) is 38.6 Å². The Hall–Kier alpha value is -1.14. The molecule has 118 valence electrons. The molecule has 0 unspecified atom stereocenters. The van der Waals surface area contributed by atoms with E-state index in [1.54, 1.807) is 7.11 Å². The van der Waals surface area contributed by atoms with Crippen LogP contribution in [0, 0.1) is 11.8 Å². The van der Waals surface area contributed by atoms with Crippen LogP contribution in [0.5, 0.6) is 0 Å². The minimum atomic E-state index is -0.0834. The maximum atomic E-state index is 11.7. The van der Waals surface area contributed by atoms with E-state index < -0.39 is 0 Å². The van der Waals surface area contributed by atoms with E-state index in [0.717, 1.165) is 6.42 Å². The topological polar surface area (TPSA) is 93.5 Å². The van der Waals surface area contributed by atoms with Gasteiger partial charge >= 0.3 is 0 Å². The Morgan fingerprint density at radius 2 is 1.80 bits per heavy atom. The van der Waals surface area contributed by atoms with Crippen LogP contribution < -0.4 is 16.4 Å². The van der Waals surface area contributed by atoms with Crippen molar-refractivity contribution in [3.8, 4) is 0 Å². The molecule has 2 amide bonds. The van der Waals surface area contributed by atoms with Crippen LogP contribution in [-0.4, -0.2) is 45.2 Å². The Morgan fingerprint density at radius 3 is 2.35 bits per heavy atom. The summed E-state index contributed by atoms with van der Waals surface area (Å²) in [4.78, 5) is 23.1. The summed E-state index contributed by atoms with van der Waals surface area (Å²) in [5.41, 5.74) is 5.66. The number of rotatable bonds is 11. The van der Waals surface area contributed by atoms with E-state index in [9.17, 15) is 9.59 Å². The molecule has 0 rings (SSSR count). The summed E-state index contributed by atoms with van der Waals surface area (Å²) in [6.45, 7) is 6.09. The van der Waals surface area contributed by atoms with Crippen LogP contribution >= 0.6 is 0 Å². The summed E-state index contributed by atoms with van der Waals surface area (Å²) >= 11 is 0. The van der Waals surface area contributed by atoms with Crippen molar-refractivity contribution < 1.29 is 14.3 Å². The molecule has 0 fully saturated rings. The number of carbonyl (C=O) groups is 2. The lowest BCUT2D eigenvalue weighted by molar-refractivity contribution is -0.123. The fourth-order valence-electron chi connectivity index (χ4n) is 1.96. The van der Waals surface area contributed by atoms with Gasteiger partial charge in [0.25, 0.3) is 0 Å². The highest BCUT2D eigenvalue weighted by Gasteiger charge is 2.14. The van der Waals surface area contributed by atoms with E-state index in [-0.39, 0.29) is 24.2 Å². The van der Waals surface area contributed by atoms with Gasteiger partial charge in [-0.15, -0.1) is 0 Å². The Balaban J connectivity index is 3.73. The quantitative estimate of drug-likeness (QED) is 0.475. The largest absolute Gasteiger partial charge is 0.383 e. The van der Waals surface area contributed by atoms with Gasteiger partial charge in [0.1, 0.15) is 0 Å². The Labute approximate surface area is 121 Å². The summed E-state index contributed by atoms with van der Waals surface area (Å²) in [5, 5.41) is 5.46. The molecule has 0 bridgehead atoms. The van der Waals surface area contributed by atoms with Crippen LogP contribution in [0.25, 0.3) is 0 Å². The first-order valence-corrected chi connectivity index (χ1v) is 7.22. The summed E-state index contributed by atoms with van der Waals surface area (Å²) in [5.74, 6) is 0.624. The Morgan fingerprint density at radius 1 is 1.15 bits per heavy atom. The number of amides is 2.